The highest BCUT2D eigenvalue weighted by atomic mass is 16.7. The summed E-state index contributed by atoms with van der Waals surface area (Å²) in [4.78, 5) is 23.2. The first-order valence-electron chi connectivity index (χ1n) is 9.15. The molecule has 2 aliphatic heterocycles. The van der Waals surface area contributed by atoms with Gasteiger partial charge >= 0.3 is 5.97 Å². The van der Waals surface area contributed by atoms with Gasteiger partial charge in [-0.2, -0.15) is 0 Å². The van der Waals surface area contributed by atoms with E-state index >= 15 is 0 Å². The fourth-order valence-electron chi connectivity index (χ4n) is 3.65. The van der Waals surface area contributed by atoms with E-state index in [1.807, 2.05) is 0 Å². The number of aliphatic hydroxyl groups is 3. The first-order valence-corrected chi connectivity index (χ1v) is 9.15. The topological polar surface area (TPSA) is 173 Å². The van der Waals surface area contributed by atoms with Gasteiger partial charge in [-0.3, -0.25) is 4.79 Å². The quantitative estimate of drug-likeness (QED) is 0.291. The second kappa shape index (κ2) is 10.1. The Morgan fingerprint density at radius 2 is 1.69 bits per heavy atom. The third-order valence-electron chi connectivity index (χ3n) is 5.19. The predicted octanol–water partition coefficient (Wildman–Crippen LogP) is -2.58. The van der Waals surface area contributed by atoms with E-state index in [9.17, 15) is 30.0 Å². The summed E-state index contributed by atoms with van der Waals surface area (Å²) in [5.41, 5.74) is 0. The number of carboxylic acids is 1. The van der Waals surface area contributed by atoms with E-state index in [1.54, 1.807) is 6.92 Å². The Kier molecular flexibility index (Phi) is 8.31. The number of carbonyl (C=O) groups excluding carboxylic acids is 1. The number of aliphatic carboxylic acids is 1. The van der Waals surface area contributed by atoms with E-state index in [2.05, 4.69) is 5.32 Å². The highest BCUT2D eigenvalue weighted by Gasteiger charge is 2.52. The van der Waals surface area contributed by atoms with Gasteiger partial charge in [0.1, 0.15) is 24.4 Å². The van der Waals surface area contributed by atoms with E-state index in [4.69, 9.17) is 23.7 Å². The molecule has 2 saturated heterocycles. The Balaban J connectivity index is 2.30. The van der Waals surface area contributed by atoms with Crippen LogP contribution in [0.4, 0.5) is 0 Å². The standard InChI is InChI=1S/C17H29NO11/c1-6-8(5-19)27-16(26-4)9(18-7(2)20)12(6)28-17-11(22)10(21)13(25-3)14(29-17)15(23)24/h6,8-14,16-17,19,21-22H,5H2,1-4H3,(H,18,20)(H,23,24)/t6-,8?,9?,10+,11?,12-,13-,14?,16+,17+/m0/s1. The number of carboxylic acid groups (broad SMARTS) is 1. The summed E-state index contributed by atoms with van der Waals surface area (Å²) in [7, 11) is 2.53. The van der Waals surface area contributed by atoms with Crippen molar-refractivity contribution in [2.75, 3.05) is 20.8 Å². The van der Waals surface area contributed by atoms with Crippen molar-refractivity contribution in [2.24, 2.45) is 5.92 Å². The van der Waals surface area contributed by atoms with Crippen LogP contribution in [0.2, 0.25) is 0 Å². The highest BCUT2D eigenvalue weighted by Crippen LogP contribution is 2.32. The van der Waals surface area contributed by atoms with Gasteiger partial charge in [0.05, 0.1) is 18.8 Å². The molecule has 2 heterocycles. The van der Waals surface area contributed by atoms with Crippen molar-refractivity contribution < 1.29 is 53.7 Å². The SMILES string of the molecule is CO[C@@H]1OC(CO)[C@H](C)[C@H](O[C@@H]2OC(C(=O)O)[C@@H](OC)[C@H](O)C2O)C1NC(C)=O. The zero-order valence-corrected chi connectivity index (χ0v) is 16.6. The van der Waals surface area contributed by atoms with Crippen molar-refractivity contribution in [1.82, 2.24) is 5.32 Å². The molecule has 0 aromatic carbocycles. The van der Waals surface area contributed by atoms with Crippen molar-refractivity contribution in [1.29, 1.82) is 0 Å². The van der Waals surface area contributed by atoms with Gasteiger partial charge in [0, 0.05) is 27.1 Å². The molecule has 5 N–H and O–H groups in total. The van der Waals surface area contributed by atoms with Crippen LogP contribution in [0.5, 0.6) is 0 Å². The molecule has 4 unspecified atom stereocenters. The fourth-order valence-corrected chi connectivity index (χ4v) is 3.65. The van der Waals surface area contributed by atoms with Gasteiger partial charge in [0.15, 0.2) is 18.7 Å². The van der Waals surface area contributed by atoms with Crippen molar-refractivity contribution >= 4 is 11.9 Å². The molecule has 0 bridgehead atoms. The molecule has 0 saturated carbocycles. The molecule has 1 amide bonds. The second-order valence-electron chi connectivity index (χ2n) is 7.09. The Morgan fingerprint density at radius 3 is 2.17 bits per heavy atom. The number of nitrogens with one attached hydrogen (secondary N) is 1. The zero-order chi connectivity index (χ0) is 21.9. The van der Waals surface area contributed by atoms with Crippen LogP contribution in [-0.2, 0) is 33.3 Å². The fraction of sp³-hybridized carbons (Fsp3) is 0.882. The summed E-state index contributed by atoms with van der Waals surface area (Å²) in [5, 5.41) is 42.3. The minimum Gasteiger partial charge on any atom is -0.479 e. The van der Waals surface area contributed by atoms with Gasteiger partial charge in [0.2, 0.25) is 5.91 Å². The Labute approximate surface area is 167 Å². The van der Waals surface area contributed by atoms with Crippen LogP contribution in [0.25, 0.3) is 0 Å². The van der Waals surface area contributed by atoms with E-state index in [0.29, 0.717) is 0 Å². The summed E-state index contributed by atoms with van der Waals surface area (Å²) in [6.45, 7) is 2.60. The number of ether oxygens (including phenoxy) is 5. The minimum absolute atomic E-state index is 0.367. The maximum Gasteiger partial charge on any atom is 0.335 e. The largest absolute Gasteiger partial charge is 0.479 e. The van der Waals surface area contributed by atoms with E-state index in [0.717, 1.165) is 0 Å². The van der Waals surface area contributed by atoms with Crippen molar-refractivity contribution in [3.05, 3.63) is 0 Å². The average molecular weight is 423 g/mol. The van der Waals surface area contributed by atoms with E-state index in [-0.39, 0.29) is 6.61 Å². The summed E-state index contributed by atoms with van der Waals surface area (Å²) >= 11 is 0. The Morgan fingerprint density at radius 1 is 1.03 bits per heavy atom. The molecule has 0 aromatic heterocycles. The van der Waals surface area contributed by atoms with Gasteiger partial charge < -0.3 is 49.4 Å². The van der Waals surface area contributed by atoms with Crippen LogP contribution in [0.15, 0.2) is 0 Å². The van der Waals surface area contributed by atoms with Crippen LogP contribution in [0.3, 0.4) is 0 Å². The van der Waals surface area contributed by atoms with Crippen LogP contribution < -0.4 is 5.32 Å². The van der Waals surface area contributed by atoms with Crippen molar-refractivity contribution in [2.45, 2.75) is 69.1 Å². The maximum absolute atomic E-state index is 11.7. The lowest BCUT2D eigenvalue weighted by atomic mass is 9.88. The lowest BCUT2D eigenvalue weighted by Gasteiger charge is -2.47. The number of hydrogen-bond acceptors (Lipinski definition) is 10. The number of rotatable bonds is 7. The van der Waals surface area contributed by atoms with Gasteiger partial charge in [-0.25, -0.2) is 4.79 Å². The van der Waals surface area contributed by atoms with Crippen LogP contribution in [0.1, 0.15) is 13.8 Å². The summed E-state index contributed by atoms with van der Waals surface area (Å²) in [6, 6.07) is -0.855. The first kappa shape index (κ1) is 23.9. The predicted molar refractivity (Wildman–Crippen MR) is 93.5 cm³/mol. The third-order valence-corrected chi connectivity index (χ3v) is 5.19. The van der Waals surface area contributed by atoms with Gasteiger partial charge in [-0.1, -0.05) is 6.92 Å². The monoisotopic (exact) mass is 423 g/mol. The van der Waals surface area contributed by atoms with Crippen LogP contribution in [-0.4, -0.2) is 108 Å². The summed E-state index contributed by atoms with van der Waals surface area (Å²) in [6.07, 6.45) is -10.3. The van der Waals surface area contributed by atoms with Crippen LogP contribution in [0, 0.1) is 5.92 Å². The minimum atomic E-state index is -1.63. The number of hydrogen-bond donors (Lipinski definition) is 5. The second-order valence-corrected chi connectivity index (χ2v) is 7.09. The van der Waals surface area contributed by atoms with Gasteiger partial charge in [-0.15, -0.1) is 0 Å². The molecule has 12 nitrogen and oxygen atoms in total. The van der Waals surface area contributed by atoms with Crippen LogP contribution >= 0.6 is 0 Å². The van der Waals surface area contributed by atoms with Gasteiger partial charge in [-0.05, 0) is 0 Å². The summed E-state index contributed by atoms with van der Waals surface area (Å²) in [5.74, 6) is -2.32. The molecule has 2 rings (SSSR count). The first-order chi connectivity index (χ1) is 13.7. The molecule has 168 valence electrons. The Hall–Kier alpha value is -1.38. The van der Waals surface area contributed by atoms with Crippen molar-refractivity contribution in [3.63, 3.8) is 0 Å². The van der Waals surface area contributed by atoms with E-state index < -0.39 is 73.0 Å². The maximum atomic E-state index is 11.7. The smallest absolute Gasteiger partial charge is 0.335 e. The molecule has 12 heteroatoms. The Bertz CT molecular complexity index is 576. The molecule has 0 aromatic rings. The van der Waals surface area contributed by atoms with Crippen molar-refractivity contribution in [3.8, 4) is 0 Å². The number of aliphatic hydroxyl groups excluding tert-OH is 3. The molecule has 0 aliphatic carbocycles. The lowest BCUT2D eigenvalue weighted by Crippen LogP contribution is -2.66. The zero-order valence-electron chi connectivity index (χ0n) is 16.6. The average Bonchev–Trinajstić information content (AvgIpc) is 2.67. The molecule has 2 aliphatic rings. The number of methoxy groups -OCH3 is 2. The normalized spacial score (nSPS) is 43.0. The molecule has 0 spiro atoms. The molecular formula is C17H29NO11. The molecule has 2 fully saturated rings. The molecule has 29 heavy (non-hydrogen) atoms. The lowest BCUT2D eigenvalue weighted by molar-refractivity contribution is -0.333. The number of carbonyl (C=O) groups is 2. The molecule has 0 radical (unpaired) electrons. The molecular weight excluding hydrogens is 394 g/mol. The molecule has 10 atom stereocenters. The van der Waals surface area contributed by atoms with Gasteiger partial charge in [0.25, 0.3) is 0 Å². The third kappa shape index (κ3) is 5.03. The summed E-state index contributed by atoms with van der Waals surface area (Å²) < 4.78 is 27.0. The highest BCUT2D eigenvalue weighted by molar-refractivity contribution is 5.73. The number of amides is 1. The van der Waals surface area contributed by atoms with E-state index in [1.165, 1.54) is 21.1 Å².